The van der Waals surface area contributed by atoms with Gasteiger partial charge in [0.2, 0.25) is 5.91 Å². The fourth-order valence-electron chi connectivity index (χ4n) is 3.16. The number of carbonyl (C=O) groups excluding carboxylic acids is 2. The average Bonchev–Trinajstić information content (AvgIpc) is 3.23. The van der Waals surface area contributed by atoms with Gasteiger partial charge in [0.25, 0.3) is 5.91 Å². The molecular formula is C20H22N6O3. The molecule has 1 saturated heterocycles. The molecule has 1 aromatic carbocycles. The molecule has 1 aliphatic rings. The fraction of sp³-hybridized carbons (Fsp3) is 0.300. The summed E-state index contributed by atoms with van der Waals surface area (Å²) in [4.78, 5) is 31.0. The van der Waals surface area contributed by atoms with Crippen molar-refractivity contribution in [3.8, 4) is 0 Å². The number of ether oxygens (including phenoxy) is 1. The molecule has 0 saturated carbocycles. The van der Waals surface area contributed by atoms with Gasteiger partial charge >= 0.3 is 0 Å². The topological polar surface area (TPSA) is 101 Å². The van der Waals surface area contributed by atoms with Crippen LogP contribution in [0.2, 0.25) is 0 Å². The van der Waals surface area contributed by atoms with E-state index in [1.807, 2.05) is 12.1 Å². The number of morpholine rings is 1. The molecule has 0 atom stereocenters. The monoisotopic (exact) mass is 394 g/mol. The second-order valence-corrected chi connectivity index (χ2v) is 6.62. The molecule has 4 rings (SSSR count). The Balaban J connectivity index is 1.38. The van der Waals surface area contributed by atoms with Crippen molar-refractivity contribution in [1.29, 1.82) is 0 Å². The number of carbonyl (C=O) groups is 2. The van der Waals surface area contributed by atoms with Gasteiger partial charge in [-0.3, -0.25) is 9.59 Å². The number of benzene rings is 1. The first-order chi connectivity index (χ1) is 14.2. The summed E-state index contributed by atoms with van der Waals surface area (Å²) in [5.74, 6) is 0.893. The van der Waals surface area contributed by atoms with E-state index in [1.54, 1.807) is 41.0 Å². The van der Waals surface area contributed by atoms with Gasteiger partial charge in [-0.15, -0.1) is 0 Å². The zero-order valence-corrected chi connectivity index (χ0v) is 15.9. The highest BCUT2D eigenvalue weighted by molar-refractivity contribution is 5.95. The molecular weight excluding hydrogens is 372 g/mol. The van der Waals surface area contributed by atoms with Crippen molar-refractivity contribution in [2.75, 3.05) is 43.1 Å². The van der Waals surface area contributed by atoms with Crippen LogP contribution in [0.3, 0.4) is 0 Å². The van der Waals surface area contributed by atoms with Crippen LogP contribution in [0.25, 0.3) is 5.65 Å². The van der Waals surface area contributed by atoms with Gasteiger partial charge in [0, 0.05) is 43.8 Å². The summed E-state index contributed by atoms with van der Waals surface area (Å²) in [6.07, 6.45) is 1.83. The lowest BCUT2D eigenvalue weighted by molar-refractivity contribution is -0.116. The SMILES string of the molecule is O=C(CCNC(=O)c1ccccc1)Nc1cc(N2CCOCC2)n2nccc2n1. The zero-order valence-electron chi connectivity index (χ0n) is 15.9. The largest absolute Gasteiger partial charge is 0.378 e. The van der Waals surface area contributed by atoms with Crippen LogP contribution < -0.4 is 15.5 Å². The van der Waals surface area contributed by atoms with Crippen LogP contribution in [0.4, 0.5) is 11.6 Å². The lowest BCUT2D eigenvalue weighted by Gasteiger charge is -2.29. The summed E-state index contributed by atoms with van der Waals surface area (Å²) >= 11 is 0. The minimum Gasteiger partial charge on any atom is -0.378 e. The Hall–Kier alpha value is -3.46. The van der Waals surface area contributed by atoms with Crippen molar-refractivity contribution in [2.45, 2.75) is 6.42 Å². The number of hydrogen-bond acceptors (Lipinski definition) is 6. The Morgan fingerprint density at radius 3 is 2.69 bits per heavy atom. The van der Waals surface area contributed by atoms with E-state index in [-0.39, 0.29) is 24.8 Å². The minimum atomic E-state index is -0.220. The number of fused-ring (bicyclic) bond motifs is 1. The second-order valence-electron chi connectivity index (χ2n) is 6.62. The highest BCUT2D eigenvalue weighted by Crippen LogP contribution is 2.21. The summed E-state index contributed by atoms with van der Waals surface area (Å²) in [5.41, 5.74) is 1.22. The summed E-state index contributed by atoms with van der Waals surface area (Å²) in [7, 11) is 0. The van der Waals surface area contributed by atoms with Gasteiger partial charge in [-0.2, -0.15) is 9.61 Å². The molecule has 0 radical (unpaired) electrons. The van der Waals surface area contributed by atoms with Gasteiger partial charge in [-0.05, 0) is 12.1 Å². The Bertz CT molecular complexity index is 998. The lowest BCUT2D eigenvalue weighted by atomic mass is 10.2. The molecule has 0 spiro atoms. The maximum absolute atomic E-state index is 12.3. The van der Waals surface area contributed by atoms with Gasteiger partial charge in [0.15, 0.2) is 5.65 Å². The summed E-state index contributed by atoms with van der Waals surface area (Å²) in [6.45, 7) is 3.03. The van der Waals surface area contributed by atoms with Crippen molar-refractivity contribution < 1.29 is 14.3 Å². The first-order valence-corrected chi connectivity index (χ1v) is 9.51. The van der Waals surface area contributed by atoms with Gasteiger partial charge in [0.05, 0.1) is 19.4 Å². The average molecular weight is 394 g/mol. The summed E-state index contributed by atoms with van der Waals surface area (Å²) < 4.78 is 7.16. The van der Waals surface area contributed by atoms with Crippen molar-refractivity contribution >= 4 is 29.1 Å². The van der Waals surface area contributed by atoms with E-state index < -0.39 is 0 Å². The highest BCUT2D eigenvalue weighted by Gasteiger charge is 2.17. The number of anilines is 2. The molecule has 3 aromatic rings. The van der Waals surface area contributed by atoms with Crippen LogP contribution >= 0.6 is 0 Å². The molecule has 1 aliphatic heterocycles. The normalized spacial score (nSPS) is 14.0. The fourth-order valence-corrected chi connectivity index (χ4v) is 3.16. The van der Waals surface area contributed by atoms with E-state index >= 15 is 0 Å². The molecule has 3 heterocycles. The zero-order chi connectivity index (χ0) is 20.1. The third-order valence-electron chi connectivity index (χ3n) is 4.62. The van der Waals surface area contributed by atoms with Gasteiger partial charge in [-0.1, -0.05) is 18.2 Å². The first-order valence-electron chi connectivity index (χ1n) is 9.51. The molecule has 2 amide bonds. The Kier molecular flexibility index (Phi) is 5.66. The molecule has 0 aliphatic carbocycles. The number of aromatic nitrogens is 3. The van der Waals surface area contributed by atoms with Crippen LogP contribution in [0.1, 0.15) is 16.8 Å². The molecule has 2 N–H and O–H groups in total. The highest BCUT2D eigenvalue weighted by atomic mass is 16.5. The smallest absolute Gasteiger partial charge is 0.251 e. The third kappa shape index (κ3) is 4.52. The Morgan fingerprint density at radius 1 is 1.10 bits per heavy atom. The first kappa shape index (κ1) is 18.9. The minimum absolute atomic E-state index is 0.150. The predicted octanol–water partition coefficient (Wildman–Crippen LogP) is 1.32. The molecule has 150 valence electrons. The maximum atomic E-state index is 12.3. The standard InChI is InChI=1S/C20H22N6O3/c27-18(7-8-21-20(28)15-4-2-1-3-5-15)24-16-14-19(25-10-12-29-13-11-25)26-17(23-16)6-9-22-26/h1-6,9,14H,7-8,10-13H2,(H,21,28)(H,23,24,27). The van der Waals surface area contributed by atoms with E-state index in [0.717, 1.165) is 18.9 Å². The molecule has 9 heteroatoms. The van der Waals surface area contributed by atoms with E-state index in [2.05, 4.69) is 25.6 Å². The van der Waals surface area contributed by atoms with Gasteiger partial charge in [-0.25, -0.2) is 4.98 Å². The number of rotatable bonds is 6. The molecule has 9 nitrogen and oxygen atoms in total. The van der Waals surface area contributed by atoms with Crippen molar-refractivity contribution in [3.63, 3.8) is 0 Å². The van der Waals surface area contributed by atoms with Crippen LogP contribution in [0.5, 0.6) is 0 Å². The molecule has 1 fully saturated rings. The van der Waals surface area contributed by atoms with Crippen molar-refractivity contribution in [3.05, 3.63) is 54.2 Å². The molecule has 0 bridgehead atoms. The molecule has 0 unspecified atom stereocenters. The molecule has 2 aromatic heterocycles. The van der Waals surface area contributed by atoms with Crippen LogP contribution in [-0.4, -0.2) is 59.3 Å². The van der Waals surface area contributed by atoms with Gasteiger partial charge in [0.1, 0.15) is 11.6 Å². The lowest BCUT2D eigenvalue weighted by Crippen LogP contribution is -2.37. The van der Waals surface area contributed by atoms with Crippen LogP contribution in [0.15, 0.2) is 48.7 Å². The Morgan fingerprint density at radius 2 is 1.90 bits per heavy atom. The summed E-state index contributed by atoms with van der Waals surface area (Å²) in [6, 6.07) is 12.5. The number of hydrogen-bond donors (Lipinski definition) is 2. The number of amides is 2. The quantitative estimate of drug-likeness (QED) is 0.654. The predicted molar refractivity (Wildman–Crippen MR) is 108 cm³/mol. The summed E-state index contributed by atoms with van der Waals surface area (Å²) in [5, 5.41) is 9.89. The van der Waals surface area contributed by atoms with Gasteiger partial charge < -0.3 is 20.3 Å². The van der Waals surface area contributed by atoms with E-state index in [1.165, 1.54) is 0 Å². The van der Waals surface area contributed by atoms with Crippen LogP contribution in [0, 0.1) is 0 Å². The van der Waals surface area contributed by atoms with Crippen molar-refractivity contribution in [1.82, 2.24) is 19.9 Å². The van der Waals surface area contributed by atoms with E-state index in [9.17, 15) is 9.59 Å². The van der Waals surface area contributed by atoms with E-state index in [4.69, 9.17) is 4.74 Å². The second kappa shape index (κ2) is 8.70. The Labute approximate surface area is 167 Å². The number of nitrogens with one attached hydrogen (secondary N) is 2. The van der Waals surface area contributed by atoms with Crippen molar-refractivity contribution in [2.24, 2.45) is 0 Å². The van der Waals surface area contributed by atoms with Crippen LogP contribution in [-0.2, 0) is 9.53 Å². The van der Waals surface area contributed by atoms with E-state index in [0.29, 0.717) is 30.2 Å². The third-order valence-corrected chi connectivity index (χ3v) is 4.62. The molecule has 29 heavy (non-hydrogen) atoms. The maximum Gasteiger partial charge on any atom is 0.251 e. The number of nitrogens with zero attached hydrogens (tertiary/aromatic N) is 4.